The van der Waals surface area contributed by atoms with Crippen molar-refractivity contribution < 1.29 is 4.79 Å². The zero-order valence-corrected chi connectivity index (χ0v) is 15.9. The lowest BCUT2D eigenvalue weighted by Crippen LogP contribution is -2.32. The third-order valence-corrected chi connectivity index (χ3v) is 5.44. The highest BCUT2D eigenvalue weighted by molar-refractivity contribution is 5.90. The lowest BCUT2D eigenvalue weighted by Gasteiger charge is -2.19. The van der Waals surface area contributed by atoms with Crippen molar-refractivity contribution in [1.82, 2.24) is 25.1 Å². The summed E-state index contributed by atoms with van der Waals surface area (Å²) in [5, 5.41) is 9.10. The van der Waals surface area contributed by atoms with Gasteiger partial charge in [-0.1, -0.05) is 27.2 Å². The molecule has 2 fully saturated rings. The molecule has 2 atom stereocenters. The minimum Gasteiger partial charge on any atom is -0.353 e. The fraction of sp³-hybridized carbons (Fsp3) is 0.684. The molecule has 1 N–H and O–H groups in total. The summed E-state index contributed by atoms with van der Waals surface area (Å²) in [6.07, 6.45) is 5.44. The maximum atomic E-state index is 11.6. The number of nitrogens with one attached hydrogen (secondary N) is 1. The monoisotopic (exact) mass is 356 g/mol. The Bertz CT molecular complexity index is 798. The van der Waals surface area contributed by atoms with Crippen LogP contribution in [-0.4, -0.2) is 44.8 Å². The van der Waals surface area contributed by atoms with Gasteiger partial charge in [0.25, 0.3) is 0 Å². The van der Waals surface area contributed by atoms with Crippen LogP contribution in [-0.2, 0) is 17.8 Å². The molecule has 2 saturated heterocycles. The lowest BCUT2D eigenvalue weighted by molar-refractivity contribution is -0.119. The van der Waals surface area contributed by atoms with E-state index in [2.05, 4.69) is 45.6 Å². The van der Waals surface area contributed by atoms with Crippen molar-refractivity contribution in [2.75, 3.05) is 18.0 Å². The van der Waals surface area contributed by atoms with Gasteiger partial charge in [-0.2, -0.15) is 5.10 Å². The maximum Gasteiger partial charge on any atom is 0.220 e. The largest absolute Gasteiger partial charge is 0.353 e. The first-order chi connectivity index (χ1) is 12.6. The normalized spacial score (nSPS) is 22.5. The summed E-state index contributed by atoms with van der Waals surface area (Å²) >= 11 is 0. The molecule has 7 nitrogen and oxygen atoms in total. The number of hydrogen-bond donors (Lipinski definition) is 1. The molecular formula is C19H28N6O. The van der Waals surface area contributed by atoms with Gasteiger partial charge in [-0.05, 0) is 18.8 Å². The van der Waals surface area contributed by atoms with Gasteiger partial charge in [0.05, 0.1) is 17.1 Å². The summed E-state index contributed by atoms with van der Waals surface area (Å²) in [5.41, 5.74) is 2.04. The molecule has 2 aliphatic rings. The third kappa shape index (κ3) is 3.04. The van der Waals surface area contributed by atoms with Crippen molar-refractivity contribution in [3.8, 4) is 0 Å². The number of nitrogens with zero attached hydrogens (tertiary/aromatic N) is 5. The fourth-order valence-electron chi connectivity index (χ4n) is 4.22. The average molecular weight is 356 g/mol. The number of carbonyl (C=O) groups excluding carboxylic acids is 1. The van der Waals surface area contributed by atoms with E-state index < -0.39 is 0 Å². The van der Waals surface area contributed by atoms with Gasteiger partial charge in [0, 0.05) is 32.0 Å². The molecule has 0 aromatic carbocycles. The minimum absolute atomic E-state index is 0.181. The Morgan fingerprint density at radius 1 is 1.31 bits per heavy atom. The van der Waals surface area contributed by atoms with Gasteiger partial charge in [0.2, 0.25) is 5.91 Å². The quantitative estimate of drug-likeness (QED) is 0.858. The highest BCUT2D eigenvalue weighted by atomic mass is 16.2. The van der Waals surface area contributed by atoms with Crippen molar-refractivity contribution >= 4 is 22.8 Å². The Hall–Kier alpha value is -2.18. The summed E-state index contributed by atoms with van der Waals surface area (Å²) in [6, 6.07) is 0.246. The molecule has 26 heavy (non-hydrogen) atoms. The smallest absolute Gasteiger partial charge is 0.220 e. The summed E-state index contributed by atoms with van der Waals surface area (Å²) in [6.45, 7) is 9.22. The Balaban J connectivity index is 1.72. The highest BCUT2D eigenvalue weighted by Gasteiger charge is 2.41. The number of hydrogen-bond acceptors (Lipinski definition) is 5. The van der Waals surface area contributed by atoms with Crippen LogP contribution in [0.15, 0.2) is 6.33 Å². The SMILES string of the molecule is CCCCn1nc(CC(C)C)c2c(N3C[C@@H]4CC(=O)N[C@@H]4C3)ncnc21. The zero-order valence-electron chi connectivity index (χ0n) is 15.9. The van der Waals surface area contributed by atoms with E-state index in [0.29, 0.717) is 18.3 Å². The number of anilines is 1. The van der Waals surface area contributed by atoms with Gasteiger partial charge in [-0.25, -0.2) is 14.6 Å². The Morgan fingerprint density at radius 3 is 2.88 bits per heavy atom. The first kappa shape index (κ1) is 17.2. The topological polar surface area (TPSA) is 75.9 Å². The van der Waals surface area contributed by atoms with Crippen molar-refractivity contribution in [3.63, 3.8) is 0 Å². The number of rotatable bonds is 6. The predicted molar refractivity (Wildman–Crippen MR) is 101 cm³/mol. The van der Waals surface area contributed by atoms with Crippen LogP contribution in [0.4, 0.5) is 5.82 Å². The van der Waals surface area contributed by atoms with Crippen LogP contribution < -0.4 is 10.2 Å². The van der Waals surface area contributed by atoms with E-state index in [9.17, 15) is 4.79 Å². The fourth-order valence-corrected chi connectivity index (χ4v) is 4.22. The minimum atomic E-state index is 0.181. The summed E-state index contributed by atoms with van der Waals surface area (Å²) in [5.74, 6) is 2.08. The second kappa shape index (κ2) is 6.85. The van der Waals surface area contributed by atoms with Crippen LogP contribution in [0, 0.1) is 11.8 Å². The molecule has 0 radical (unpaired) electrons. The number of carbonyl (C=O) groups is 1. The van der Waals surface area contributed by atoms with E-state index in [4.69, 9.17) is 5.10 Å². The van der Waals surface area contributed by atoms with Gasteiger partial charge >= 0.3 is 0 Å². The van der Waals surface area contributed by atoms with Gasteiger partial charge in [0.1, 0.15) is 12.1 Å². The van der Waals surface area contributed by atoms with Crippen molar-refractivity contribution in [3.05, 3.63) is 12.0 Å². The predicted octanol–water partition coefficient (Wildman–Crippen LogP) is 2.15. The maximum absolute atomic E-state index is 11.6. The molecule has 1 amide bonds. The van der Waals surface area contributed by atoms with Crippen LogP contribution in [0.25, 0.3) is 11.0 Å². The second-order valence-electron chi connectivity index (χ2n) is 8.06. The van der Waals surface area contributed by atoms with E-state index in [-0.39, 0.29) is 11.9 Å². The Morgan fingerprint density at radius 2 is 2.15 bits per heavy atom. The average Bonchev–Trinajstić information content (AvgIpc) is 3.24. The van der Waals surface area contributed by atoms with E-state index in [1.54, 1.807) is 6.33 Å². The van der Waals surface area contributed by atoms with Crippen LogP contribution in [0.5, 0.6) is 0 Å². The molecule has 2 aromatic rings. The standard InChI is InChI=1S/C19H28N6O/c1-4-5-6-25-19-17(14(23-25)7-12(2)3)18(20-11-21-19)24-9-13-8-16(26)22-15(13)10-24/h11-13,15H,4-10H2,1-3H3,(H,22,26)/t13-,15+/m0/s1. The highest BCUT2D eigenvalue weighted by Crippen LogP contribution is 2.34. The molecule has 0 bridgehead atoms. The lowest BCUT2D eigenvalue weighted by atomic mass is 10.1. The van der Waals surface area contributed by atoms with E-state index in [1.165, 1.54) is 0 Å². The number of aromatic nitrogens is 4. The van der Waals surface area contributed by atoms with Gasteiger partial charge in [-0.15, -0.1) is 0 Å². The van der Waals surface area contributed by atoms with Gasteiger partial charge in [0.15, 0.2) is 5.65 Å². The molecule has 4 rings (SSSR count). The van der Waals surface area contributed by atoms with Gasteiger partial charge < -0.3 is 10.2 Å². The summed E-state index contributed by atoms with van der Waals surface area (Å²) in [7, 11) is 0. The van der Waals surface area contributed by atoms with Crippen molar-refractivity contribution in [2.24, 2.45) is 11.8 Å². The van der Waals surface area contributed by atoms with E-state index in [1.807, 2.05) is 0 Å². The molecule has 4 heterocycles. The third-order valence-electron chi connectivity index (χ3n) is 5.44. The first-order valence-corrected chi connectivity index (χ1v) is 9.81. The summed E-state index contributed by atoms with van der Waals surface area (Å²) < 4.78 is 2.06. The molecule has 2 aliphatic heterocycles. The molecule has 140 valence electrons. The van der Waals surface area contributed by atoms with Crippen LogP contribution >= 0.6 is 0 Å². The zero-order chi connectivity index (χ0) is 18.3. The number of amides is 1. The number of aryl methyl sites for hydroxylation is 1. The second-order valence-corrected chi connectivity index (χ2v) is 8.06. The van der Waals surface area contributed by atoms with Crippen LogP contribution in [0.3, 0.4) is 0 Å². The number of unbranched alkanes of at least 4 members (excludes halogenated alkanes) is 1. The molecule has 0 saturated carbocycles. The van der Waals surface area contributed by atoms with Crippen LogP contribution in [0.1, 0.15) is 45.7 Å². The molecule has 7 heteroatoms. The molecule has 2 aromatic heterocycles. The molecular weight excluding hydrogens is 328 g/mol. The summed E-state index contributed by atoms with van der Waals surface area (Å²) in [4.78, 5) is 23.2. The van der Waals surface area contributed by atoms with E-state index >= 15 is 0 Å². The Kier molecular flexibility index (Phi) is 4.54. The molecule has 0 aliphatic carbocycles. The molecule has 0 spiro atoms. The first-order valence-electron chi connectivity index (χ1n) is 9.81. The molecule has 0 unspecified atom stereocenters. The van der Waals surface area contributed by atoms with E-state index in [0.717, 1.165) is 61.4 Å². The van der Waals surface area contributed by atoms with Crippen molar-refractivity contribution in [1.29, 1.82) is 0 Å². The van der Waals surface area contributed by atoms with Gasteiger partial charge in [-0.3, -0.25) is 4.79 Å². The Labute approximate surface area is 154 Å². The van der Waals surface area contributed by atoms with Crippen molar-refractivity contribution in [2.45, 2.75) is 59.0 Å². The number of fused-ring (bicyclic) bond motifs is 2. The van der Waals surface area contributed by atoms with Crippen LogP contribution in [0.2, 0.25) is 0 Å².